The molecule has 1 aromatic heterocycles. The molecule has 0 aromatic carbocycles. The maximum absolute atomic E-state index is 12.7. The summed E-state index contributed by atoms with van der Waals surface area (Å²) < 4.78 is 43.9. The number of aromatic amines is 1. The molecule has 2 rings (SSSR count). The van der Waals surface area contributed by atoms with E-state index in [-0.39, 0.29) is 6.42 Å². The summed E-state index contributed by atoms with van der Waals surface area (Å²) in [5, 5.41) is 12.4. The van der Waals surface area contributed by atoms with Crippen molar-refractivity contribution < 1.29 is 23.0 Å². The van der Waals surface area contributed by atoms with E-state index in [1.165, 1.54) is 0 Å². The molecular formula is C10H10F3N5O4. The van der Waals surface area contributed by atoms with E-state index in [0.717, 1.165) is 0 Å². The number of rotatable bonds is 3. The van der Waals surface area contributed by atoms with Crippen LogP contribution in [0.1, 0.15) is 18.2 Å². The molecule has 0 amide bonds. The van der Waals surface area contributed by atoms with Gasteiger partial charge in [-0.15, -0.1) is 0 Å². The number of nitrogens with one attached hydrogen (secondary N) is 1. The van der Waals surface area contributed by atoms with Crippen LogP contribution in [0.15, 0.2) is 20.9 Å². The lowest BCUT2D eigenvalue weighted by atomic mass is 10.1. The van der Waals surface area contributed by atoms with Crippen molar-refractivity contribution in [3.63, 3.8) is 0 Å². The molecule has 12 heteroatoms. The molecule has 1 saturated heterocycles. The molecule has 1 fully saturated rings. The fourth-order valence-corrected chi connectivity index (χ4v) is 2.14. The summed E-state index contributed by atoms with van der Waals surface area (Å²) in [7, 11) is 0. The lowest BCUT2D eigenvalue weighted by molar-refractivity contribution is -0.139. The summed E-state index contributed by atoms with van der Waals surface area (Å²) in [6.07, 6.45) is -6.85. The second-order valence-electron chi connectivity index (χ2n) is 4.53. The van der Waals surface area contributed by atoms with Gasteiger partial charge in [0.1, 0.15) is 11.8 Å². The zero-order valence-corrected chi connectivity index (χ0v) is 10.8. The van der Waals surface area contributed by atoms with Gasteiger partial charge in [0.15, 0.2) is 0 Å². The number of hydrogen-bond donors (Lipinski definition) is 2. The Labute approximate surface area is 119 Å². The summed E-state index contributed by atoms with van der Waals surface area (Å²) in [5.74, 6) is 0. The predicted octanol–water partition coefficient (Wildman–Crippen LogP) is 0.514. The van der Waals surface area contributed by atoms with Crippen molar-refractivity contribution in [2.75, 3.05) is 6.61 Å². The minimum absolute atomic E-state index is 0.113. The number of azide groups is 1. The van der Waals surface area contributed by atoms with Crippen molar-refractivity contribution >= 4 is 0 Å². The highest BCUT2D eigenvalue weighted by Gasteiger charge is 2.39. The number of aliphatic hydroxyl groups is 1. The van der Waals surface area contributed by atoms with E-state index in [9.17, 15) is 22.8 Å². The summed E-state index contributed by atoms with van der Waals surface area (Å²) in [6, 6.07) is -0.840. The van der Waals surface area contributed by atoms with Gasteiger partial charge in [0.25, 0.3) is 5.56 Å². The largest absolute Gasteiger partial charge is 0.423 e. The van der Waals surface area contributed by atoms with Crippen molar-refractivity contribution in [2.45, 2.75) is 31.0 Å². The van der Waals surface area contributed by atoms with E-state index in [1.54, 1.807) is 4.98 Å². The van der Waals surface area contributed by atoms with E-state index in [4.69, 9.17) is 15.4 Å². The Morgan fingerprint density at radius 3 is 2.77 bits per heavy atom. The number of halogens is 3. The van der Waals surface area contributed by atoms with Crippen LogP contribution in [0, 0.1) is 0 Å². The molecule has 0 saturated carbocycles. The highest BCUT2D eigenvalue weighted by Crippen LogP contribution is 2.31. The standard InChI is InChI=1S/C10H10F3N5O4/c11-10(12,13)4-2-18(9(21)15-8(4)20)7-1-5(16-17-14)6(3-19)22-7/h2,5-7,19H,1,3H2,(H,15,20,21)/t5-,6+,7+/m0/s1. The van der Waals surface area contributed by atoms with Gasteiger partial charge >= 0.3 is 11.9 Å². The Morgan fingerprint density at radius 1 is 1.55 bits per heavy atom. The second kappa shape index (κ2) is 5.83. The monoisotopic (exact) mass is 321 g/mol. The molecule has 1 aliphatic rings. The fourth-order valence-electron chi connectivity index (χ4n) is 2.14. The van der Waals surface area contributed by atoms with Crippen molar-refractivity contribution in [3.8, 4) is 0 Å². The first-order chi connectivity index (χ1) is 10.3. The maximum atomic E-state index is 12.7. The van der Waals surface area contributed by atoms with Gasteiger partial charge in [-0.3, -0.25) is 14.3 Å². The van der Waals surface area contributed by atoms with Gasteiger partial charge in [-0.25, -0.2) is 4.79 Å². The Balaban J connectivity index is 2.44. The van der Waals surface area contributed by atoms with Gasteiger partial charge in [0.05, 0.1) is 18.8 Å². The topological polar surface area (TPSA) is 133 Å². The molecule has 0 radical (unpaired) electrons. The first-order valence-corrected chi connectivity index (χ1v) is 6.01. The van der Waals surface area contributed by atoms with E-state index in [0.29, 0.717) is 10.8 Å². The molecule has 120 valence electrons. The number of H-pyrrole nitrogens is 1. The number of nitrogens with zero attached hydrogens (tertiary/aromatic N) is 4. The average molecular weight is 321 g/mol. The number of aromatic nitrogens is 2. The quantitative estimate of drug-likeness (QED) is 0.476. The second-order valence-corrected chi connectivity index (χ2v) is 4.53. The van der Waals surface area contributed by atoms with Crippen molar-refractivity contribution in [2.24, 2.45) is 5.11 Å². The first kappa shape index (κ1) is 16.1. The number of aliphatic hydroxyl groups excluding tert-OH is 1. The Hall–Kier alpha value is -2.30. The third kappa shape index (κ3) is 2.98. The highest BCUT2D eigenvalue weighted by atomic mass is 19.4. The van der Waals surface area contributed by atoms with Gasteiger partial charge in [-0.05, 0) is 5.53 Å². The molecule has 0 aliphatic carbocycles. The number of ether oxygens (including phenoxy) is 1. The summed E-state index contributed by atoms with van der Waals surface area (Å²) in [5.41, 5.74) is 4.19. The van der Waals surface area contributed by atoms with Crippen LogP contribution >= 0.6 is 0 Å². The minimum Gasteiger partial charge on any atom is -0.394 e. The Morgan fingerprint density at radius 2 is 2.23 bits per heavy atom. The minimum atomic E-state index is -4.94. The number of hydrogen-bond acceptors (Lipinski definition) is 5. The van der Waals surface area contributed by atoms with Crippen LogP contribution in [0.2, 0.25) is 0 Å². The molecule has 1 aromatic rings. The van der Waals surface area contributed by atoms with Gasteiger partial charge < -0.3 is 9.84 Å². The third-order valence-electron chi connectivity index (χ3n) is 3.17. The normalized spacial score (nSPS) is 25.0. The fraction of sp³-hybridized carbons (Fsp3) is 0.600. The van der Waals surface area contributed by atoms with Crippen LogP contribution in [0.25, 0.3) is 10.4 Å². The lowest BCUT2D eigenvalue weighted by Gasteiger charge is -2.16. The zero-order valence-electron chi connectivity index (χ0n) is 10.8. The van der Waals surface area contributed by atoms with Crippen LogP contribution in [-0.2, 0) is 10.9 Å². The van der Waals surface area contributed by atoms with Crippen molar-refractivity contribution in [1.82, 2.24) is 9.55 Å². The molecule has 2 N–H and O–H groups in total. The lowest BCUT2D eigenvalue weighted by Crippen LogP contribution is -2.36. The SMILES string of the molecule is [N-]=[N+]=N[C@H]1C[C@H](n2cc(C(F)(F)F)c(=O)[nH]c2=O)O[C@@H]1CO. The van der Waals surface area contributed by atoms with Gasteiger partial charge in [-0.2, -0.15) is 13.2 Å². The van der Waals surface area contributed by atoms with Gasteiger partial charge in [0, 0.05) is 17.5 Å². The smallest absolute Gasteiger partial charge is 0.394 e. The number of alkyl halides is 3. The summed E-state index contributed by atoms with van der Waals surface area (Å²) >= 11 is 0. The van der Waals surface area contributed by atoms with E-state index in [1.807, 2.05) is 0 Å². The van der Waals surface area contributed by atoms with Crippen LogP contribution < -0.4 is 11.2 Å². The van der Waals surface area contributed by atoms with Crippen LogP contribution in [0.4, 0.5) is 13.2 Å². The maximum Gasteiger partial charge on any atom is 0.423 e. The van der Waals surface area contributed by atoms with E-state index >= 15 is 0 Å². The van der Waals surface area contributed by atoms with Crippen molar-refractivity contribution in [3.05, 3.63) is 43.0 Å². The average Bonchev–Trinajstić information content (AvgIpc) is 2.80. The van der Waals surface area contributed by atoms with E-state index in [2.05, 4.69) is 10.0 Å². The van der Waals surface area contributed by atoms with Crippen molar-refractivity contribution in [1.29, 1.82) is 0 Å². The van der Waals surface area contributed by atoms with Crippen LogP contribution in [0.3, 0.4) is 0 Å². The summed E-state index contributed by atoms with van der Waals surface area (Å²) in [6.45, 7) is -0.537. The van der Waals surface area contributed by atoms with Crippen LogP contribution in [0.5, 0.6) is 0 Å². The third-order valence-corrected chi connectivity index (χ3v) is 3.17. The molecule has 0 bridgehead atoms. The first-order valence-electron chi connectivity index (χ1n) is 6.01. The van der Waals surface area contributed by atoms with E-state index < -0.39 is 48.0 Å². The molecule has 22 heavy (non-hydrogen) atoms. The van der Waals surface area contributed by atoms with Crippen LogP contribution in [-0.4, -0.2) is 33.4 Å². The Bertz CT molecular complexity index is 720. The molecule has 9 nitrogen and oxygen atoms in total. The predicted molar refractivity (Wildman–Crippen MR) is 64.9 cm³/mol. The molecule has 2 heterocycles. The molecule has 1 aliphatic heterocycles. The van der Waals surface area contributed by atoms with Gasteiger partial charge in [0.2, 0.25) is 0 Å². The molecule has 3 atom stereocenters. The summed E-state index contributed by atoms with van der Waals surface area (Å²) in [4.78, 5) is 27.0. The molecular weight excluding hydrogens is 311 g/mol. The molecule has 0 unspecified atom stereocenters. The molecule has 0 spiro atoms. The Kier molecular flexibility index (Phi) is 4.26. The highest BCUT2D eigenvalue weighted by molar-refractivity contribution is 5.09. The van der Waals surface area contributed by atoms with Gasteiger partial charge in [-0.1, -0.05) is 5.11 Å². The zero-order chi connectivity index (χ0) is 16.5.